The highest BCUT2D eigenvalue weighted by Gasteiger charge is 2.01. The van der Waals surface area contributed by atoms with Gasteiger partial charge in [0.2, 0.25) is 0 Å². The van der Waals surface area contributed by atoms with E-state index in [1.54, 1.807) is 12.3 Å². The summed E-state index contributed by atoms with van der Waals surface area (Å²) >= 11 is 0. The fourth-order valence-corrected chi connectivity index (χ4v) is 1.48. The first kappa shape index (κ1) is 12.5. The Labute approximate surface area is 96.2 Å². The van der Waals surface area contributed by atoms with Crippen LogP contribution < -0.4 is 4.90 Å². The largest absolute Gasteiger partial charge is 0.396 e. The quantitative estimate of drug-likeness (QED) is 0.737. The van der Waals surface area contributed by atoms with E-state index in [-0.39, 0.29) is 6.61 Å². The normalized spacial score (nSPS) is 9.81. The van der Waals surface area contributed by atoms with Crippen LogP contribution in [0.3, 0.4) is 0 Å². The maximum atomic E-state index is 8.73. The van der Waals surface area contributed by atoms with Crippen LogP contribution in [0.2, 0.25) is 0 Å². The fourth-order valence-electron chi connectivity index (χ4n) is 1.48. The zero-order valence-electron chi connectivity index (χ0n) is 9.56. The average Bonchev–Trinajstić information content (AvgIpc) is 2.34. The topological polar surface area (TPSA) is 60.1 Å². The Hall–Kier alpha value is -1.60. The zero-order valence-corrected chi connectivity index (χ0v) is 9.56. The summed E-state index contributed by atoms with van der Waals surface area (Å²) in [5.74, 6) is 0. The highest BCUT2D eigenvalue weighted by atomic mass is 16.2. The van der Waals surface area contributed by atoms with Crippen molar-refractivity contribution in [3.8, 4) is 6.07 Å². The van der Waals surface area contributed by atoms with E-state index in [1.807, 2.05) is 19.2 Å². The SMILES string of the molecule is CN(CCCCCO)c1ccnc(C#N)c1. The van der Waals surface area contributed by atoms with Crippen LogP contribution in [-0.4, -0.2) is 30.3 Å². The lowest BCUT2D eigenvalue weighted by Gasteiger charge is -2.18. The molecule has 0 saturated heterocycles. The summed E-state index contributed by atoms with van der Waals surface area (Å²) in [5, 5.41) is 17.4. The molecule has 86 valence electrons. The molecule has 0 atom stereocenters. The van der Waals surface area contributed by atoms with Crippen LogP contribution in [0.15, 0.2) is 18.3 Å². The smallest absolute Gasteiger partial charge is 0.142 e. The summed E-state index contributed by atoms with van der Waals surface area (Å²) in [6.45, 7) is 1.19. The average molecular weight is 219 g/mol. The van der Waals surface area contributed by atoms with Gasteiger partial charge in [-0.2, -0.15) is 5.26 Å². The second-order valence-corrected chi connectivity index (χ2v) is 3.72. The van der Waals surface area contributed by atoms with E-state index in [0.29, 0.717) is 5.69 Å². The molecule has 1 aromatic rings. The molecule has 4 heteroatoms. The minimum Gasteiger partial charge on any atom is -0.396 e. The predicted molar refractivity (Wildman–Crippen MR) is 63.2 cm³/mol. The second-order valence-electron chi connectivity index (χ2n) is 3.72. The number of unbranched alkanes of at least 4 members (excludes halogenated alkanes) is 2. The third-order valence-electron chi connectivity index (χ3n) is 2.45. The number of anilines is 1. The number of hydrogen-bond donors (Lipinski definition) is 1. The standard InChI is InChI=1S/C12H17N3O/c1-15(7-3-2-4-8-16)12-5-6-14-11(9-12)10-13/h5-6,9,16H,2-4,7-8H2,1H3. The van der Waals surface area contributed by atoms with E-state index in [9.17, 15) is 0 Å². The van der Waals surface area contributed by atoms with Gasteiger partial charge < -0.3 is 10.0 Å². The molecule has 0 aliphatic carbocycles. The van der Waals surface area contributed by atoms with Crippen LogP contribution in [0, 0.1) is 11.3 Å². The second kappa shape index (κ2) is 6.81. The molecule has 0 amide bonds. The Morgan fingerprint density at radius 3 is 2.94 bits per heavy atom. The van der Waals surface area contributed by atoms with Crippen LogP contribution in [0.1, 0.15) is 25.0 Å². The Kier molecular flexibility index (Phi) is 5.30. The lowest BCUT2D eigenvalue weighted by atomic mass is 10.2. The molecular formula is C12H17N3O. The summed E-state index contributed by atoms with van der Waals surface area (Å²) in [4.78, 5) is 6.03. The molecule has 1 N–H and O–H groups in total. The van der Waals surface area contributed by atoms with Gasteiger partial charge in [-0.25, -0.2) is 4.98 Å². The number of aliphatic hydroxyl groups excluding tert-OH is 1. The van der Waals surface area contributed by atoms with Gasteiger partial charge in [0.25, 0.3) is 0 Å². The molecular weight excluding hydrogens is 202 g/mol. The Bertz CT molecular complexity index is 360. The van der Waals surface area contributed by atoms with Crippen molar-refractivity contribution in [3.63, 3.8) is 0 Å². The highest BCUT2D eigenvalue weighted by Crippen LogP contribution is 2.13. The van der Waals surface area contributed by atoms with Gasteiger partial charge in [0, 0.05) is 32.1 Å². The number of pyridine rings is 1. The van der Waals surface area contributed by atoms with Gasteiger partial charge in [0.15, 0.2) is 0 Å². The van der Waals surface area contributed by atoms with Gasteiger partial charge in [-0.3, -0.25) is 0 Å². The molecule has 0 saturated carbocycles. The molecule has 0 spiro atoms. The third kappa shape index (κ3) is 3.87. The zero-order chi connectivity index (χ0) is 11.8. The van der Waals surface area contributed by atoms with E-state index >= 15 is 0 Å². The summed E-state index contributed by atoms with van der Waals surface area (Å²) in [6.07, 6.45) is 4.57. The molecule has 0 aromatic carbocycles. The Morgan fingerprint density at radius 2 is 2.25 bits per heavy atom. The minimum atomic E-state index is 0.261. The number of rotatable bonds is 6. The number of nitriles is 1. The van der Waals surface area contributed by atoms with Crippen molar-refractivity contribution in [2.45, 2.75) is 19.3 Å². The van der Waals surface area contributed by atoms with Crippen molar-refractivity contribution in [2.24, 2.45) is 0 Å². The summed E-state index contributed by atoms with van der Waals surface area (Å²) < 4.78 is 0. The fraction of sp³-hybridized carbons (Fsp3) is 0.500. The van der Waals surface area contributed by atoms with Crippen LogP contribution >= 0.6 is 0 Å². The van der Waals surface area contributed by atoms with E-state index in [4.69, 9.17) is 10.4 Å². The maximum absolute atomic E-state index is 8.73. The molecule has 1 rings (SSSR count). The van der Waals surface area contributed by atoms with Crippen molar-refractivity contribution >= 4 is 5.69 Å². The molecule has 0 aliphatic heterocycles. The monoisotopic (exact) mass is 219 g/mol. The number of aromatic nitrogens is 1. The summed E-state index contributed by atoms with van der Waals surface area (Å²) in [6, 6.07) is 5.71. The number of nitrogens with zero attached hydrogens (tertiary/aromatic N) is 3. The van der Waals surface area contributed by atoms with Gasteiger partial charge in [-0.05, 0) is 31.4 Å². The molecule has 0 bridgehead atoms. The van der Waals surface area contributed by atoms with Crippen molar-refractivity contribution < 1.29 is 5.11 Å². The molecule has 1 aromatic heterocycles. The lowest BCUT2D eigenvalue weighted by Crippen LogP contribution is -2.18. The lowest BCUT2D eigenvalue weighted by molar-refractivity contribution is 0.283. The molecule has 4 nitrogen and oxygen atoms in total. The van der Waals surface area contributed by atoms with Gasteiger partial charge in [-0.1, -0.05) is 0 Å². The number of aliphatic hydroxyl groups is 1. The van der Waals surface area contributed by atoms with Gasteiger partial charge in [0.05, 0.1) is 0 Å². The highest BCUT2D eigenvalue weighted by molar-refractivity contribution is 5.47. The van der Waals surface area contributed by atoms with Crippen molar-refractivity contribution in [3.05, 3.63) is 24.0 Å². The van der Waals surface area contributed by atoms with Gasteiger partial charge in [-0.15, -0.1) is 0 Å². The molecule has 0 unspecified atom stereocenters. The van der Waals surface area contributed by atoms with E-state index in [0.717, 1.165) is 31.5 Å². The van der Waals surface area contributed by atoms with E-state index in [2.05, 4.69) is 9.88 Å². The maximum Gasteiger partial charge on any atom is 0.142 e. The summed E-state index contributed by atoms with van der Waals surface area (Å²) in [7, 11) is 2.00. The van der Waals surface area contributed by atoms with Crippen LogP contribution in [0.5, 0.6) is 0 Å². The van der Waals surface area contributed by atoms with Gasteiger partial charge >= 0.3 is 0 Å². The van der Waals surface area contributed by atoms with Gasteiger partial charge in [0.1, 0.15) is 11.8 Å². The number of hydrogen-bond acceptors (Lipinski definition) is 4. The Balaban J connectivity index is 2.46. The van der Waals surface area contributed by atoms with Crippen LogP contribution in [-0.2, 0) is 0 Å². The van der Waals surface area contributed by atoms with Crippen molar-refractivity contribution in [2.75, 3.05) is 25.1 Å². The molecule has 0 aliphatic rings. The van der Waals surface area contributed by atoms with E-state index in [1.165, 1.54) is 0 Å². The predicted octanol–water partition coefficient (Wildman–Crippen LogP) is 1.55. The summed E-state index contributed by atoms with van der Waals surface area (Å²) in [5.41, 5.74) is 1.45. The molecule has 16 heavy (non-hydrogen) atoms. The van der Waals surface area contributed by atoms with Crippen LogP contribution in [0.4, 0.5) is 5.69 Å². The molecule has 0 fully saturated rings. The Morgan fingerprint density at radius 1 is 1.44 bits per heavy atom. The first-order chi connectivity index (χ1) is 7.77. The van der Waals surface area contributed by atoms with Crippen LogP contribution in [0.25, 0.3) is 0 Å². The third-order valence-corrected chi connectivity index (χ3v) is 2.45. The van der Waals surface area contributed by atoms with Crippen molar-refractivity contribution in [1.82, 2.24) is 4.98 Å². The molecule has 0 radical (unpaired) electrons. The van der Waals surface area contributed by atoms with E-state index < -0.39 is 0 Å². The van der Waals surface area contributed by atoms with Crippen molar-refractivity contribution in [1.29, 1.82) is 5.26 Å². The first-order valence-electron chi connectivity index (χ1n) is 5.46. The minimum absolute atomic E-state index is 0.261. The molecule has 1 heterocycles. The first-order valence-corrected chi connectivity index (χ1v) is 5.46.